The zero-order valence-electron chi connectivity index (χ0n) is 10.9. The number of carboxylic acid groups (broad SMARTS) is 1. The van der Waals surface area contributed by atoms with Crippen LogP contribution in [0.4, 0.5) is 16.3 Å². The highest BCUT2D eigenvalue weighted by Crippen LogP contribution is 2.18. The third-order valence-electron chi connectivity index (χ3n) is 2.42. The molecule has 1 heterocycles. The Morgan fingerprint density at radius 1 is 1.47 bits per heavy atom. The van der Waals surface area contributed by atoms with Crippen molar-refractivity contribution in [3.8, 4) is 0 Å². The summed E-state index contributed by atoms with van der Waals surface area (Å²) in [7, 11) is 0. The number of hydrogen-bond donors (Lipinski definition) is 4. The van der Waals surface area contributed by atoms with Crippen molar-refractivity contribution in [2.45, 2.75) is 13.8 Å². The number of nitrogens with zero attached hydrogens (tertiary/aromatic N) is 1. The van der Waals surface area contributed by atoms with Gasteiger partial charge in [-0.1, -0.05) is 6.92 Å². The summed E-state index contributed by atoms with van der Waals surface area (Å²) in [5.41, 5.74) is 0.733. The summed E-state index contributed by atoms with van der Waals surface area (Å²) in [5, 5.41) is 16.4. The molecule has 0 aliphatic heterocycles. The predicted octanol–water partition coefficient (Wildman–Crippen LogP) is 1.36. The Labute approximate surface area is 111 Å². The molecule has 0 spiro atoms. The van der Waals surface area contributed by atoms with Crippen LogP contribution < -0.4 is 16.0 Å². The molecule has 1 aromatic heterocycles. The number of rotatable bonds is 6. The lowest BCUT2D eigenvalue weighted by molar-refractivity contribution is -0.119. The van der Waals surface area contributed by atoms with Gasteiger partial charge < -0.3 is 21.1 Å². The number of amides is 2. The van der Waals surface area contributed by atoms with E-state index in [1.807, 2.05) is 13.0 Å². The van der Waals surface area contributed by atoms with E-state index in [9.17, 15) is 9.59 Å². The van der Waals surface area contributed by atoms with Crippen molar-refractivity contribution in [2.75, 3.05) is 23.7 Å². The van der Waals surface area contributed by atoms with Crippen molar-refractivity contribution in [1.82, 2.24) is 10.3 Å². The Kier molecular flexibility index (Phi) is 5.59. The monoisotopic (exact) mass is 266 g/mol. The van der Waals surface area contributed by atoms with E-state index in [4.69, 9.17) is 5.11 Å². The molecule has 4 N–H and O–H groups in total. The van der Waals surface area contributed by atoms with Crippen molar-refractivity contribution in [3.05, 3.63) is 18.3 Å². The standard InChI is InChI=1S/C12H18N4O3/c1-3-13-9-5-4-6-14-10(9)16-11(17)8(2)7-15-12(18)19/h4-6,8,13,15H,3,7H2,1-2H3,(H,18,19)(H,14,16,17). The lowest BCUT2D eigenvalue weighted by Gasteiger charge is -2.14. The van der Waals surface area contributed by atoms with Gasteiger partial charge in [0.05, 0.1) is 11.6 Å². The minimum atomic E-state index is -1.15. The highest BCUT2D eigenvalue weighted by atomic mass is 16.4. The molecule has 19 heavy (non-hydrogen) atoms. The normalized spacial score (nSPS) is 11.5. The van der Waals surface area contributed by atoms with Crippen molar-refractivity contribution in [2.24, 2.45) is 5.92 Å². The number of anilines is 2. The van der Waals surface area contributed by atoms with E-state index in [1.54, 1.807) is 19.2 Å². The number of pyridine rings is 1. The average Bonchev–Trinajstić information content (AvgIpc) is 2.38. The van der Waals surface area contributed by atoms with Crippen LogP contribution in [0.3, 0.4) is 0 Å². The molecule has 1 unspecified atom stereocenters. The Morgan fingerprint density at radius 3 is 2.84 bits per heavy atom. The van der Waals surface area contributed by atoms with Gasteiger partial charge in [0, 0.05) is 19.3 Å². The third kappa shape index (κ3) is 4.82. The first-order chi connectivity index (χ1) is 9.04. The van der Waals surface area contributed by atoms with Gasteiger partial charge in [0.2, 0.25) is 5.91 Å². The molecule has 2 amide bonds. The molecule has 104 valence electrons. The van der Waals surface area contributed by atoms with Crippen LogP contribution >= 0.6 is 0 Å². The Hall–Kier alpha value is -2.31. The fourth-order valence-electron chi connectivity index (χ4n) is 1.41. The molecule has 7 heteroatoms. The summed E-state index contributed by atoms with van der Waals surface area (Å²) in [4.78, 5) is 26.3. The summed E-state index contributed by atoms with van der Waals surface area (Å²) >= 11 is 0. The second-order valence-electron chi connectivity index (χ2n) is 4.01. The highest BCUT2D eigenvalue weighted by Gasteiger charge is 2.15. The van der Waals surface area contributed by atoms with Gasteiger partial charge in [0.15, 0.2) is 5.82 Å². The average molecular weight is 266 g/mol. The van der Waals surface area contributed by atoms with E-state index < -0.39 is 12.0 Å². The van der Waals surface area contributed by atoms with E-state index in [1.165, 1.54) is 0 Å². The number of aromatic nitrogens is 1. The molecule has 0 bridgehead atoms. The third-order valence-corrected chi connectivity index (χ3v) is 2.42. The maximum atomic E-state index is 11.9. The van der Waals surface area contributed by atoms with Gasteiger partial charge in [-0.05, 0) is 19.1 Å². The molecule has 0 saturated carbocycles. The van der Waals surface area contributed by atoms with E-state index in [2.05, 4.69) is 20.9 Å². The number of hydrogen-bond acceptors (Lipinski definition) is 4. The number of carbonyl (C=O) groups is 2. The van der Waals surface area contributed by atoms with E-state index >= 15 is 0 Å². The Bertz CT molecular complexity index is 450. The summed E-state index contributed by atoms with van der Waals surface area (Å²) in [6.45, 7) is 4.36. The van der Waals surface area contributed by atoms with Crippen LogP contribution in [0.25, 0.3) is 0 Å². The molecule has 1 aromatic rings. The quantitative estimate of drug-likeness (QED) is 0.622. The SMILES string of the molecule is CCNc1cccnc1NC(=O)C(C)CNC(=O)O. The second kappa shape index (κ2) is 7.20. The summed E-state index contributed by atoms with van der Waals surface area (Å²) in [5.74, 6) is -0.323. The zero-order chi connectivity index (χ0) is 14.3. The van der Waals surface area contributed by atoms with Crippen LogP contribution in [0.15, 0.2) is 18.3 Å². The van der Waals surface area contributed by atoms with Crippen LogP contribution in [0.5, 0.6) is 0 Å². The maximum absolute atomic E-state index is 11.9. The Morgan fingerprint density at radius 2 is 2.21 bits per heavy atom. The first kappa shape index (κ1) is 14.7. The molecule has 7 nitrogen and oxygen atoms in total. The second-order valence-corrected chi connectivity index (χ2v) is 4.01. The van der Waals surface area contributed by atoms with Gasteiger partial charge in [0.1, 0.15) is 0 Å². The van der Waals surface area contributed by atoms with Gasteiger partial charge >= 0.3 is 6.09 Å². The molecule has 1 atom stereocenters. The molecule has 0 fully saturated rings. The molecular formula is C12H18N4O3. The molecule has 0 aliphatic carbocycles. The zero-order valence-corrected chi connectivity index (χ0v) is 10.9. The highest BCUT2D eigenvalue weighted by molar-refractivity contribution is 5.94. The summed E-state index contributed by atoms with van der Waals surface area (Å²) < 4.78 is 0. The smallest absolute Gasteiger partial charge is 0.404 e. The van der Waals surface area contributed by atoms with Crippen LogP contribution in [0, 0.1) is 5.92 Å². The predicted molar refractivity (Wildman–Crippen MR) is 72.2 cm³/mol. The molecule has 0 aliphatic rings. The topological polar surface area (TPSA) is 103 Å². The largest absolute Gasteiger partial charge is 0.465 e. The van der Waals surface area contributed by atoms with Gasteiger partial charge in [0.25, 0.3) is 0 Å². The first-order valence-corrected chi connectivity index (χ1v) is 6.01. The lowest BCUT2D eigenvalue weighted by Crippen LogP contribution is -2.33. The lowest BCUT2D eigenvalue weighted by atomic mass is 10.1. The van der Waals surface area contributed by atoms with E-state index in [0.29, 0.717) is 12.4 Å². The molecule has 1 rings (SSSR count). The molecular weight excluding hydrogens is 248 g/mol. The maximum Gasteiger partial charge on any atom is 0.404 e. The van der Waals surface area contributed by atoms with Crippen molar-refractivity contribution in [3.63, 3.8) is 0 Å². The van der Waals surface area contributed by atoms with Crippen molar-refractivity contribution in [1.29, 1.82) is 0 Å². The Balaban J connectivity index is 2.63. The van der Waals surface area contributed by atoms with Crippen LogP contribution in [-0.2, 0) is 4.79 Å². The van der Waals surface area contributed by atoms with Crippen LogP contribution in [-0.4, -0.2) is 35.2 Å². The first-order valence-electron chi connectivity index (χ1n) is 6.01. The summed E-state index contributed by atoms with van der Waals surface area (Å²) in [6.07, 6.45) is 0.433. The van der Waals surface area contributed by atoms with Crippen LogP contribution in [0.1, 0.15) is 13.8 Å². The van der Waals surface area contributed by atoms with Gasteiger partial charge in [-0.15, -0.1) is 0 Å². The van der Waals surface area contributed by atoms with Crippen LogP contribution in [0.2, 0.25) is 0 Å². The minimum Gasteiger partial charge on any atom is -0.465 e. The molecule has 0 saturated heterocycles. The molecule has 0 aromatic carbocycles. The minimum absolute atomic E-state index is 0.0601. The number of nitrogens with one attached hydrogen (secondary N) is 3. The van der Waals surface area contributed by atoms with E-state index in [-0.39, 0.29) is 12.5 Å². The fraction of sp³-hybridized carbons (Fsp3) is 0.417. The summed E-state index contributed by atoms with van der Waals surface area (Å²) in [6, 6.07) is 3.58. The fourth-order valence-corrected chi connectivity index (χ4v) is 1.41. The number of carbonyl (C=O) groups excluding carboxylic acids is 1. The van der Waals surface area contributed by atoms with Gasteiger partial charge in [-0.25, -0.2) is 9.78 Å². The molecule has 0 radical (unpaired) electrons. The van der Waals surface area contributed by atoms with Crippen molar-refractivity contribution >= 4 is 23.5 Å². The van der Waals surface area contributed by atoms with Gasteiger partial charge in [-0.3, -0.25) is 4.79 Å². The van der Waals surface area contributed by atoms with E-state index in [0.717, 1.165) is 5.69 Å². The van der Waals surface area contributed by atoms with Crippen molar-refractivity contribution < 1.29 is 14.7 Å². The van der Waals surface area contributed by atoms with Gasteiger partial charge in [-0.2, -0.15) is 0 Å².